The highest BCUT2D eigenvalue weighted by Crippen LogP contribution is 2.28. The molecule has 4 aromatic rings. The summed E-state index contributed by atoms with van der Waals surface area (Å²) < 4.78 is 27.0. The smallest absolute Gasteiger partial charge is 0.307 e. The van der Waals surface area contributed by atoms with Crippen LogP contribution in [0.2, 0.25) is 0 Å². The zero-order valence-corrected chi connectivity index (χ0v) is 23.0. The molecular formula is C33H34FNO6. The summed E-state index contributed by atoms with van der Waals surface area (Å²) in [5.74, 6) is -0.755. The van der Waals surface area contributed by atoms with Gasteiger partial charge >= 0.3 is 11.9 Å². The van der Waals surface area contributed by atoms with Crippen LogP contribution in [0.4, 0.5) is 4.39 Å². The lowest BCUT2D eigenvalue weighted by Crippen LogP contribution is -2.02. The molecule has 0 aliphatic carbocycles. The molecule has 3 aromatic carbocycles. The van der Waals surface area contributed by atoms with E-state index in [1.807, 2.05) is 65.4 Å². The topological polar surface area (TPSA) is 98.0 Å². The molecule has 0 radical (unpaired) electrons. The van der Waals surface area contributed by atoms with Crippen LogP contribution in [0.15, 0.2) is 66.9 Å². The number of rotatable bonds is 15. The third-order valence-corrected chi connectivity index (χ3v) is 6.70. The van der Waals surface area contributed by atoms with E-state index >= 15 is 0 Å². The Bertz CT molecular complexity index is 1520. The van der Waals surface area contributed by atoms with Crippen LogP contribution in [0, 0.1) is 12.7 Å². The maximum absolute atomic E-state index is 13.6. The lowest BCUT2D eigenvalue weighted by atomic mass is 10.0. The summed E-state index contributed by atoms with van der Waals surface area (Å²) in [6, 6.07) is 18.4. The molecule has 1 aromatic heterocycles. The van der Waals surface area contributed by atoms with Gasteiger partial charge in [0.25, 0.3) is 0 Å². The molecule has 0 unspecified atom stereocenters. The Morgan fingerprint density at radius 1 is 0.878 bits per heavy atom. The van der Waals surface area contributed by atoms with Crippen LogP contribution in [0.5, 0.6) is 11.5 Å². The summed E-state index contributed by atoms with van der Waals surface area (Å²) in [5, 5.41) is 19.3. The number of hydrogen-bond acceptors (Lipinski definition) is 4. The molecule has 0 spiro atoms. The first kappa shape index (κ1) is 29.4. The van der Waals surface area contributed by atoms with Crippen molar-refractivity contribution >= 4 is 35.0 Å². The fourth-order valence-corrected chi connectivity index (χ4v) is 4.60. The number of halogens is 1. The van der Waals surface area contributed by atoms with E-state index in [0.29, 0.717) is 43.1 Å². The fourth-order valence-electron chi connectivity index (χ4n) is 4.60. The number of ether oxygens (including phenoxy) is 2. The number of benzene rings is 3. The summed E-state index contributed by atoms with van der Waals surface area (Å²) in [6.45, 7) is 3.24. The first-order valence-corrected chi connectivity index (χ1v) is 13.6. The van der Waals surface area contributed by atoms with Gasteiger partial charge in [-0.1, -0.05) is 42.5 Å². The summed E-state index contributed by atoms with van der Waals surface area (Å²) in [5.41, 5.74) is 4.04. The molecule has 4 rings (SSSR count). The van der Waals surface area contributed by atoms with Gasteiger partial charge in [-0.05, 0) is 72.7 Å². The number of fused-ring (bicyclic) bond motifs is 1. The van der Waals surface area contributed by atoms with Crippen LogP contribution in [0.1, 0.15) is 47.9 Å². The van der Waals surface area contributed by atoms with Crippen LogP contribution < -0.4 is 9.47 Å². The largest absolute Gasteiger partial charge is 0.494 e. The van der Waals surface area contributed by atoms with Crippen molar-refractivity contribution < 1.29 is 33.7 Å². The second-order valence-corrected chi connectivity index (χ2v) is 9.87. The molecule has 0 saturated carbocycles. The zero-order valence-electron chi connectivity index (χ0n) is 23.0. The van der Waals surface area contributed by atoms with Crippen molar-refractivity contribution in [1.82, 2.24) is 4.57 Å². The first-order valence-electron chi connectivity index (χ1n) is 13.6. The number of aromatic nitrogens is 1. The number of nitrogens with zero attached hydrogens (tertiary/aromatic N) is 1. The number of carbonyl (C=O) groups is 2. The molecule has 0 aliphatic rings. The second-order valence-electron chi connectivity index (χ2n) is 9.87. The van der Waals surface area contributed by atoms with Crippen molar-refractivity contribution in [3.63, 3.8) is 0 Å². The van der Waals surface area contributed by atoms with E-state index in [1.54, 1.807) is 19.1 Å². The number of hydrogen-bond donors (Lipinski definition) is 2. The maximum atomic E-state index is 13.6. The summed E-state index contributed by atoms with van der Waals surface area (Å²) >= 11 is 0. The first-order chi connectivity index (χ1) is 19.8. The number of aliphatic carboxylic acids is 2. The van der Waals surface area contributed by atoms with Gasteiger partial charge in [0.05, 0.1) is 19.6 Å². The van der Waals surface area contributed by atoms with Gasteiger partial charge in [0.15, 0.2) is 0 Å². The lowest BCUT2D eigenvalue weighted by molar-refractivity contribution is -0.137. The normalized spacial score (nSPS) is 11.3. The predicted octanol–water partition coefficient (Wildman–Crippen LogP) is 6.99. The van der Waals surface area contributed by atoms with Gasteiger partial charge in [0.2, 0.25) is 0 Å². The van der Waals surface area contributed by atoms with Gasteiger partial charge < -0.3 is 24.3 Å². The Hall–Kier alpha value is -4.59. The summed E-state index contributed by atoms with van der Waals surface area (Å²) in [6.07, 6.45) is 7.73. The molecule has 0 bridgehead atoms. The third kappa shape index (κ3) is 8.45. The summed E-state index contributed by atoms with van der Waals surface area (Å²) in [4.78, 5) is 22.5. The third-order valence-electron chi connectivity index (χ3n) is 6.70. The van der Waals surface area contributed by atoms with Gasteiger partial charge in [0.1, 0.15) is 17.3 Å². The summed E-state index contributed by atoms with van der Waals surface area (Å²) in [7, 11) is 0. The molecule has 0 aliphatic heterocycles. The molecule has 0 saturated heterocycles. The van der Waals surface area contributed by atoms with Crippen LogP contribution >= 0.6 is 0 Å². The van der Waals surface area contributed by atoms with Crippen molar-refractivity contribution in [1.29, 1.82) is 0 Å². The van der Waals surface area contributed by atoms with E-state index in [-0.39, 0.29) is 18.7 Å². The van der Waals surface area contributed by atoms with Crippen LogP contribution in [0.25, 0.3) is 23.1 Å². The van der Waals surface area contributed by atoms with Crippen molar-refractivity contribution in [2.45, 2.75) is 45.6 Å². The second kappa shape index (κ2) is 14.2. The van der Waals surface area contributed by atoms with Crippen molar-refractivity contribution in [2.75, 3.05) is 13.2 Å². The molecular weight excluding hydrogens is 525 g/mol. The highest BCUT2D eigenvalue weighted by Gasteiger charge is 2.14. The van der Waals surface area contributed by atoms with E-state index in [9.17, 15) is 19.1 Å². The Morgan fingerprint density at radius 3 is 2.27 bits per heavy atom. The van der Waals surface area contributed by atoms with E-state index in [0.717, 1.165) is 40.6 Å². The maximum Gasteiger partial charge on any atom is 0.307 e. The van der Waals surface area contributed by atoms with Crippen molar-refractivity contribution in [2.24, 2.45) is 0 Å². The van der Waals surface area contributed by atoms with Crippen molar-refractivity contribution in [3.8, 4) is 11.5 Å². The van der Waals surface area contributed by atoms with Gasteiger partial charge in [-0.15, -0.1) is 0 Å². The minimum Gasteiger partial charge on any atom is -0.494 e. The molecule has 0 amide bonds. The quantitative estimate of drug-likeness (QED) is 0.120. The molecule has 0 fully saturated rings. The molecule has 7 nitrogen and oxygen atoms in total. The number of aryl methyl sites for hydroxylation is 2. The Labute approximate surface area is 238 Å². The zero-order chi connectivity index (χ0) is 29.2. The Balaban J connectivity index is 1.33. The molecule has 41 heavy (non-hydrogen) atoms. The van der Waals surface area contributed by atoms with E-state index in [1.165, 1.54) is 6.07 Å². The number of carboxylic acids is 2. The highest BCUT2D eigenvalue weighted by atomic mass is 19.1. The molecule has 0 atom stereocenters. The van der Waals surface area contributed by atoms with Crippen molar-refractivity contribution in [3.05, 3.63) is 94.9 Å². The molecule has 214 valence electrons. The Kier molecular flexibility index (Phi) is 10.2. The van der Waals surface area contributed by atoms with Gasteiger partial charge in [0, 0.05) is 36.1 Å². The molecule has 8 heteroatoms. The van der Waals surface area contributed by atoms with Crippen LogP contribution in [-0.4, -0.2) is 39.9 Å². The van der Waals surface area contributed by atoms with Gasteiger partial charge in [-0.25, -0.2) is 4.39 Å². The minimum absolute atomic E-state index is 0.0536. The van der Waals surface area contributed by atoms with E-state index in [2.05, 4.69) is 0 Å². The van der Waals surface area contributed by atoms with Gasteiger partial charge in [-0.3, -0.25) is 9.59 Å². The average Bonchev–Trinajstić information content (AvgIpc) is 3.29. The SMILES string of the molecule is Cc1ccc(OCCCCOc2ccc(C=Cc3cccc4c3c(CC(=O)O)cn4CCCC(=O)O)cc2)cc1F. The van der Waals surface area contributed by atoms with Crippen LogP contribution in [0.3, 0.4) is 0 Å². The molecule has 2 N–H and O–H groups in total. The number of unbranched alkanes of at least 4 members (excludes halogenated alkanes) is 1. The van der Waals surface area contributed by atoms with Gasteiger partial charge in [-0.2, -0.15) is 0 Å². The average molecular weight is 560 g/mol. The lowest BCUT2D eigenvalue weighted by Gasteiger charge is -2.08. The van der Waals surface area contributed by atoms with E-state index < -0.39 is 11.9 Å². The monoisotopic (exact) mass is 559 g/mol. The standard InChI is InChI=1S/C33H34FNO6/c1-23-9-14-28(21-29(23)34)41-19-3-2-18-40-27-15-11-24(12-16-27)10-13-25-6-4-7-30-33(25)26(20-32(38)39)22-35(30)17-5-8-31(36)37/h4,6-7,9-16,21-22H,2-3,5,8,17-20H2,1H3,(H,36,37)(H,38,39). The predicted molar refractivity (Wildman–Crippen MR) is 157 cm³/mol. The fraction of sp³-hybridized carbons (Fsp3) is 0.273. The highest BCUT2D eigenvalue weighted by molar-refractivity contribution is 5.96. The Morgan fingerprint density at radius 2 is 1.59 bits per heavy atom. The number of carboxylic acid groups (broad SMARTS) is 2. The van der Waals surface area contributed by atoms with Crippen LogP contribution in [-0.2, 0) is 22.6 Å². The minimum atomic E-state index is -0.918. The van der Waals surface area contributed by atoms with E-state index in [4.69, 9.17) is 14.6 Å². The molecule has 1 heterocycles.